The fourth-order valence-corrected chi connectivity index (χ4v) is 1.41. The maximum absolute atomic E-state index is 11.8. The van der Waals surface area contributed by atoms with Gasteiger partial charge in [-0.15, -0.1) is 0 Å². The fraction of sp³-hybridized carbons (Fsp3) is 0.400. The third kappa shape index (κ3) is 3.11. The molecule has 1 aromatic rings. The fourth-order valence-electron chi connectivity index (χ4n) is 0.725. The molecule has 1 heterocycles. The first-order valence-corrected chi connectivity index (χ1v) is 5.56. The second-order valence-electron chi connectivity index (χ2n) is 2.25. The summed E-state index contributed by atoms with van der Waals surface area (Å²) in [4.78, 5) is 0. The van der Waals surface area contributed by atoms with Crippen molar-refractivity contribution in [2.75, 3.05) is 0 Å². The van der Waals surface area contributed by atoms with Crippen LogP contribution in [0.4, 0.5) is 8.78 Å². The molecule has 1 rings (SSSR count). The number of rotatable bonds is 3. The van der Waals surface area contributed by atoms with Gasteiger partial charge in [-0.3, -0.25) is 13.8 Å². The molecule has 0 bridgehead atoms. The van der Waals surface area contributed by atoms with Crippen LogP contribution in [0.5, 0.6) is 0 Å². The number of nitrogens with zero attached hydrogens (tertiary/aromatic N) is 2. The van der Waals surface area contributed by atoms with Crippen molar-refractivity contribution in [2.45, 2.75) is 18.0 Å². The Kier molecular flexibility index (Phi) is 3.12. The Morgan fingerprint density at radius 2 is 2.23 bits per heavy atom. The van der Waals surface area contributed by atoms with Gasteiger partial charge in [-0.2, -0.15) is 5.10 Å². The summed E-state index contributed by atoms with van der Waals surface area (Å²) in [7, 11) is 1.72. The summed E-state index contributed by atoms with van der Waals surface area (Å²) in [5.74, 6) is 0. The normalized spacial score (nSPS) is 13.7. The average Bonchev–Trinajstić information content (AvgIpc) is 2.32. The van der Waals surface area contributed by atoms with Crippen molar-refractivity contribution in [3.63, 3.8) is 0 Å². The van der Waals surface area contributed by atoms with E-state index in [-0.39, 0.29) is 5.03 Å². The smallest absolute Gasteiger partial charge is 0.257 e. The topological polar surface area (TPSA) is 58.3 Å². The van der Waals surface area contributed by atoms with E-state index in [1.165, 1.54) is 12.3 Å². The number of alkyl halides is 2. The van der Waals surface area contributed by atoms with E-state index in [0.29, 0.717) is 0 Å². The highest BCUT2D eigenvalue weighted by atomic mass is 35.7. The molecule has 8 heteroatoms. The summed E-state index contributed by atoms with van der Waals surface area (Å²) < 4.78 is 42.3. The highest BCUT2D eigenvalue weighted by Crippen LogP contribution is 2.51. The largest absolute Gasteiger partial charge is 0.280 e. The lowest BCUT2D eigenvalue weighted by Crippen LogP contribution is -2.07. The van der Waals surface area contributed by atoms with Crippen LogP contribution in [-0.4, -0.2) is 25.3 Å². The molecule has 2 N–H and O–H groups in total. The van der Waals surface area contributed by atoms with E-state index in [2.05, 4.69) is 5.10 Å². The van der Waals surface area contributed by atoms with Crippen LogP contribution in [0.3, 0.4) is 0 Å². The second kappa shape index (κ2) is 3.79. The molecule has 0 saturated carbocycles. The predicted octanol–water partition coefficient (Wildman–Crippen LogP) is 2.41. The van der Waals surface area contributed by atoms with Crippen LogP contribution in [0, 0.1) is 0 Å². The monoisotopic (exact) mass is 232 g/mol. The van der Waals surface area contributed by atoms with Gasteiger partial charge in [0.05, 0.1) is 0 Å². The van der Waals surface area contributed by atoms with Gasteiger partial charge < -0.3 is 0 Å². The Labute approximate surface area is 79.0 Å². The average molecular weight is 233 g/mol. The van der Waals surface area contributed by atoms with E-state index in [1.54, 1.807) is 0 Å². The van der Waals surface area contributed by atoms with Gasteiger partial charge in [0.25, 0.3) is 6.43 Å². The Bertz CT molecular complexity index is 288. The molecule has 0 aliphatic heterocycles. The van der Waals surface area contributed by atoms with E-state index < -0.39 is 22.8 Å². The zero-order valence-electron chi connectivity index (χ0n) is 6.27. The molecule has 0 amide bonds. The van der Waals surface area contributed by atoms with Crippen molar-refractivity contribution in [1.29, 1.82) is 0 Å². The van der Waals surface area contributed by atoms with Gasteiger partial charge in [0.1, 0.15) is 6.54 Å². The molecule has 0 atom stereocenters. The van der Waals surface area contributed by atoms with Crippen LogP contribution in [0.15, 0.2) is 17.3 Å². The van der Waals surface area contributed by atoms with E-state index >= 15 is 0 Å². The third-order valence-corrected chi connectivity index (χ3v) is 2.43. The maximum atomic E-state index is 11.8. The molecule has 0 aliphatic carbocycles. The third-order valence-electron chi connectivity index (χ3n) is 1.21. The summed E-state index contributed by atoms with van der Waals surface area (Å²) in [5.41, 5.74) is 0. The highest BCUT2D eigenvalue weighted by Gasteiger charge is 2.16. The number of hydrogen-bond donors (Lipinski definition) is 2. The summed E-state index contributed by atoms with van der Waals surface area (Å²) in [5, 5.41) is 3.26. The molecule has 4 nitrogen and oxygen atoms in total. The summed E-state index contributed by atoms with van der Waals surface area (Å²) in [6.45, 7) is -0.591. The lowest BCUT2D eigenvalue weighted by molar-refractivity contribution is 0.121. The van der Waals surface area contributed by atoms with Gasteiger partial charge in [0, 0.05) is 22.9 Å². The van der Waals surface area contributed by atoms with Gasteiger partial charge in [0.15, 0.2) is 5.03 Å². The van der Waals surface area contributed by atoms with Crippen LogP contribution in [0.1, 0.15) is 0 Å². The van der Waals surface area contributed by atoms with Gasteiger partial charge >= 0.3 is 0 Å². The minimum absolute atomic E-state index is 0.199. The summed E-state index contributed by atoms with van der Waals surface area (Å²) >= 11 is 0. The molecule has 0 aromatic carbocycles. The lowest BCUT2D eigenvalue weighted by Gasteiger charge is -2.18. The van der Waals surface area contributed by atoms with Gasteiger partial charge in [-0.05, 0) is 0 Å². The first-order chi connectivity index (χ1) is 5.89. The van der Waals surface area contributed by atoms with Crippen LogP contribution in [-0.2, 0) is 6.54 Å². The Balaban J connectivity index is 2.75. The molecule has 0 spiro atoms. The van der Waals surface area contributed by atoms with E-state index in [4.69, 9.17) is 19.8 Å². The molecule has 0 radical (unpaired) electrons. The van der Waals surface area contributed by atoms with Gasteiger partial charge in [-0.1, -0.05) is 9.80 Å². The second-order valence-corrected chi connectivity index (χ2v) is 4.91. The molecule has 1 aromatic heterocycles. The van der Waals surface area contributed by atoms with Crippen LogP contribution >= 0.6 is 20.5 Å². The Morgan fingerprint density at radius 3 is 2.62 bits per heavy atom. The van der Waals surface area contributed by atoms with Crippen molar-refractivity contribution in [3.05, 3.63) is 12.3 Å². The minimum Gasteiger partial charge on any atom is -0.280 e. The van der Waals surface area contributed by atoms with Crippen molar-refractivity contribution < 1.29 is 17.9 Å². The summed E-state index contributed by atoms with van der Waals surface area (Å²) in [6.07, 6.45) is -1.33. The van der Waals surface area contributed by atoms with Crippen molar-refractivity contribution in [3.8, 4) is 0 Å². The van der Waals surface area contributed by atoms with Gasteiger partial charge in [0.2, 0.25) is 0 Å². The SMILES string of the molecule is OS(O)(Cl)c1ccn(CC(F)F)n1. The molecule has 0 unspecified atom stereocenters. The van der Waals surface area contributed by atoms with Crippen molar-refractivity contribution in [1.82, 2.24) is 9.78 Å². The number of aromatic nitrogens is 2. The van der Waals surface area contributed by atoms with Crippen molar-refractivity contribution in [2.24, 2.45) is 0 Å². The van der Waals surface area contributed by atoms with Crippen LogP contribution in [0.2, 0.25) is 0 Å². The predicted molar refractivity (Wildman–Crippen MR) is 45.2 cm³/mol. The van der Waals surface area contributed by atoms with E-state index in [1.807, 2.05) is 0 Å². The molecule has 0 saturated heterocycles. The zero-order valence-corrected chi connectivity index (χ0v) is 7.84. The van der Waals surface area contributed by atoms with Crippen molar-refractivity contribution >= 4 is 20.5 Å². The lowest BCUT2D eigenvalue weighted by atomic mass is 10.7. The van der Waals surface area contributed by atoms with Crippen LogP contribution < -0.4 is 0 Å². The minimum atomic E-state index is -3.42. The molecule has 13 heavy (non-hydrogen) atoms. The molecule has 0 aliphatic rings. The Hall–Kier alpha value is -0.370. The number of halogens is 3. The van der Waals surface area contributed by atoms with Gasteiger partial charge in [-0.25, -0.2) is 8.78 Å². The summed E-state index contributed by atoms with van der Waals surface area (Å²) in [6, 6.07) is 1.19. The molecular formula is C5H7ClF2N2O2S. The van der Waals surface area contributed by atoms with E-state index in [9.17, 15) is 8.78 Å². The standard InChI is InChI=1S/C5H7ClF2N2O2S/c6-13(11,12)5-1-2-10(9-5)3-4(7)8/h1-2,4,11-12H,3H2. The first-order valence-electron chi connectivity index (χ1n) is 3.19. The quantitative estimate of drug-likeness (QED) is 0.842. The highest BCUT2D eigenvalue weighted by molar-refractivity contribution is 8.43. The van der Waals surface area contributed by atoms with E-state index in [0.717, 1.165) is 4.68 Å². The zero-order chi connectivity index (χ0) is 10.1. The number of hydrogen-bond acceptors (Lipinski definition) is 3. The Morgan fingerprint density at radius 1 is 1.62 bits per heavy atom. The molecule has 0 fully saturated rings. The molecular weight excluding hydrogens is 226 g/mol. The maximum Gasteiger partial charge on any atom is 0.257 e. The molecule has 76 valence electrons. The van der Waals surface area contributed by atoms with Crippen LogP contribution in [0.25, 0.3) is 0 Å². The first kappa shape index (κ1) is 10.7.